The highest BCUT2D eigenvalue weighted by atomic mass is 16.3. The van der Waals surface area contributed by atoms with E-state index >= 15 is 0 Å². The lowest BCUT2D eigenvalue weighted by Crippen LogP contribution is -2.31. The van der Waals surface area contributed by atoms with Gasteiger partial charge in [-0.2, -0.15) is 0 Å². The van der Waals surface area contributed by atoms with Crippen molar-refractivity contribution >= 4 is 5.91 Å². The Morgan fingerprint density at radius 2 is 1.91 bits per heavy atom. The number of nitrogens with two attached hydrogens (primary N) is 1. The first-order valence-electron chi connectivity index (χ1n) is 3.92. The summed E-state index contributed by atoms with van der Waals surface area (Å²) in [5.41, 5.74) is 5.01. The van der Waals surface area contributed by atoms with E-state index in [1.165, 1.54) is 0 Å². The quantitative estimate of drug-likeness (QED) is 0.628. The normalized spacial score (nSPS) is 16.5. The Hall–Kier alpha value is -0.570. The topological polar surface area (TPSA) is 63.3 Å². The Kier molecular flexibility index (Phi) is 4.11. The van der Waals surface area contributed by atoms with E-state index in [1.807, 2.05) is 13.8 Å². The van der Waals surface area contributed by atoms with Crippen LogP contribution in [0.4, 0.5) is 0 Å². The van der Waals surface area contributed by atoms with Gasteiger partial charge in [0.25, 0.3) is 0 Å². The summed E-state index contributed by atoms with van der Waals surface area (Å²) < 4.78 is 0. The highest BCUT2D eigenvalue weighted by molar-refractivity contribution is 5.76. The van der Waals surface area contributed by atoms with E-state index in [9.17, 15) is 9.90 Å². The van der Waals surface area contributed by atoms with Gasteiger partial charge in [0.05, 0.1) is 12.0 Å². The van der Waals surface area contributed by atoms with Crippen LogP contribution in [-0.2, 0) is 4.79 Å². The maximum Gasteiger partial charge on any atom is 0.222 e. The maximum absolute atomic E-state index is 10.6. The first kappa shape index (κ1) is 10.4. The van der Waals surface area contributed by atoms with E-state index in [4.69, 9.17) is 5.73 Å². The molecule has 0 aliphatic rings. The highest BCUT2D eigenvalue weighted by Crippen LogP contribution is 2.11. The molecular weight excluding hydrogens is 142 g/mol. The third-order valence-electron chi connectivity index (χ3n) is 1.74. The molecule has 0 fully saturated rings. The number of hydrogen-bond donors (Lipinski definition) is 2. The number of rotatable bonds is 4. The van der Waals surface area contributed by atoms with Crippen molar-refractivity contribution in [3.8, 4) is 0 Å². The Labute approximate surface area is 67.6 Å². The Morgan fingerprint density at radius 3 is 2.18 bits per heavy atom. The predicted octanol–water partition coefficient (Wildman–Crippen LogP) is 0.515. The van der Waals surface area contributed by atoms with Crippen molar-refractivity contribution in [1.82, 2.24) is 0 Å². The summed E-state index contributed by atoms with van der Waals surface area (Å²) in [5, 5.41) is 9.36. The smallest absolute Gasteiger partial charge is 0.222 e. The zero-order valence-corrected chi connectivity index (χ0v) is 7.37. The molecule has 2 unspecified atom stereocenters. The molecule has 11 heavy (non-hydrogen) atoms. The number of carbonyl (C=O) groups excluding carboxylic acids is 1. The van der Waals surface area contributed by atoms with Crippen LogP contribution in [0.1, 0.15) is 27.2 Å². The summed E-state index contributed by atoms with van der Waals surface area (Å²) in [6.45, 7) is 5.64. The average molecular weight is 159 g/mol. The zero-order chi connectivity index (χ0) is 9.02. The standard InChI is InChI=1S/C8H17NO2/c1-5(2)4-7(10)6(3)8(9)11/h5-7,10H,4H2,1-3H3,(H2,9,11). The van der Waals surface area contributed by atoms with Crippen LogP contribution in [0.2, 0.25) is 0 Å². The fraction of sp³-hybridized carbons (Fsp3) is 0.875. The molecule has 1 amide bonds. The summed E-state index contributed by atoms with van der Waals surface area (Å²) in [6.07, 6.45) is 0.0388. The van der Waals surface area contributed by atoms with Crippen LogP contribution in [0, 0.1) is 11.8 Å². The van der Waals surface area contributed by atoms with Crippen LogP contribution in [-0.4, -0.2) is 17.1 Å². The highest BCUT2D eigenvalue weighted by Gasteiger charge is 2.19. The number of hydrogen-bond acceptors (Lipinski definition) is 2. The molecule has 0 saturated heterocycles. The number of amides is 1. The number of aliphatic hydroxyl groups is 1. The Morgan fingerprint density at radius 1 is 1.45 bits per heavy atom. The minimum atomic E-state index is -0.590. The molecule has 0 aliphatic carbocycles. The van der Waals surface area contributed by atoms with Crippen molar-refractivity contribution in [2.45, 2.75) is 33.3 Å². The number of carbonyl (C=O) groups is 1. The second-order valence-electron chi connectivity index (χ2n) is 3.39. The van der Waals surface area contributed by atoms with E-state index in [0.29, 0.717) is 12.3 Å². The molecule has 0 radical (unpaired) electrons. The van der Waals surface area contributed by atoms with Crippen molar-refractivity contribution in [2.24, 2.45) is 17.6 Å². The molecular formula is C8H17NO2. The zero-order valence-electron chi connectivity index (χ0n) is 7.37. The Balaban J connectivity index is 3.82. The molecule has 0 aromatic heterocycles. The number of aliphatic hydroxyl groups excluding tert-OH is 1. The number of primary amides is 1. The lowest BCUT2D eigenvalue weighted by atomic mass is 9.96. The molecule has 66 valence electrons. The molecule has 0 aliphatic heterocycles. The van der Waals surface area contributed by atoms with Crippen molar-refractivity contribution in [3.05, 3.63) is 0 Å². The molecule has 0 aromatic rings. The molecule has 0 aromatic carbocycles. The van der Waals surface area contributed by atoms with Gasteiger partial charge >= 0.3 is 0 Å². The minimum absolute atomic E-state index is 0.395. The average Bonchev–Trinajstić information content (AvgIpc) is 1.84. The van der Waals surface area contributed by atoms with Crippen molar-refractivity contribution in [1.29, 1.82) is 0 Å². The molecule has 0 heterocycles. The van der Waals surface area contributed by atoms with Crippen LogP contribution < -0.4 is 5.73 Å². The van der Waals surface area contributed by atoms with Crippen LogP contribution in [0.25, 0.3) is 0 Å². The predicted molar refractivity (Wildman–Crippen MR) is 43.8 cm³/mol. The summed E-state index contributed by atoms with van der Waals surface area (Å²) in [5.74, 6) is -0.470. The first-order valence-corrected chi connectivity index (χ1v) is 3.92. The SMILES string of the molecule is CC(C)CC(O)C(C)C(N)=O. The Bertz CT molecular complexity index is 134. The van der Waals surface area contributed by atoms with E-state index in [-0.39, 0.29) is 0 Å². The molecule has 0 bridgehead atoms. The van der Waals surface area contributed by atoms with Gasteiger partial charge < -0.3 is 10.8 Å². The molecule has 0 saturated carbocycles. The van der Waals surface area contributed by atoms with E-state index in [1.54, 1.807) is 6.92 Å². The van der Waals surface area contributed by atoms with Gasteiger partial charge in [-0.3, -0.25) is 4.79 Å². The summed E-state index contributed by atoms with van der Waals surface area (Å²) in [7, 11) is 0. The van der Waals surface area contributed by atoms with Gasteiger partial charge in [-0.05, 0) is 12.3 Å². The molecule has 3 nitrogen and oxygen atoms in total. The molecule has 3 heteroatoms. The minimum Gasteiger partial charge on any atom is -0.392 e. The summed E-state index contributed by atoms with van der Waals surface area (Å²) in [4.78, 5) is 10.6. The van der Waals surface area contributed by atoms with Crippen molar-refractivity contribution in [3.63, 3.8) is 0 Å². The third-order valence-corrected chi connectivity index (χ3v) is 1.74. The van der Waals surface area contributed by atoms with Gasteiger partial charge in [-0.25, -0.2) is 0 Å². The van der Waals surface area contributed by atoms with Gasteiger partial charge in [-0.1, -0.05) is 20.8 Å². The van der Waals surface area contributed by atoms with Gasteiger partial charge in [0, 0.05) is 0 Å². The molecule has 2 atom stereocenters. The maximum atomic E-state index is 10.6. The fourth-order valence-electron chi connectivity index (χ4n) is 0.877. The van der Waals surface area contributed by atoms with Crippen LogP contribution in [0.3, 0.4) is 0 Å². The largest absolute Gasteiger partial charge is 0.392 e. The molecule has 3 N–H and O–H groups in total. The summed E-state index contributed by atoms with van der Waals surface area (Å²) in [6, 6.07) is 0. The van der Waals surface area contributed by atoms with Crippen LogP contribution in [0.5, 0.6) is 0 Å². The van der Waals surface area contributed by atoms with Crippen LogP contribution >= 0.6 is 0 Å². The van der Waals surface area contributed by atoms with Crippen LogP contribution in [0.15, 0.2) is 0 Å². The van der Waals surface area contributed by atoms with Crippen molar-refractivity contribution in [2.75, 3.05) is 0 Å². The molecule has 0 spiro atoms. The van der Waals surface area contributed by atoms with Gasteiger partial charge in [0.1, 0.15) is 0 Å². The monoisotopic (exact) mass is 159 g/mol. The molecule has 0 rings (SSSR count). The third kappa shape index (κ3) is 3.98. The van der Waals surface area contributed by atoms with E-state index in [0.717, 1.165) is 0 Å². The van der Waals surface area contributed by atoms with Crippen molar-refractivity contribution < 1.29 is 9.90 Å². The van der Waals surface area contributed by atoms with Gasteiger partial charge in [-0.15, -0.1) is 0 Å². The second kappa shape index (κ2) is 4.34. The van der Waals surface area contributed by atoms with E-state index < -0.39 is 17.9 Å². The van der Waals surface area contributed by atoms with Gasteiger partial charge in [0.15, 0.2) is 0 Å². The lowest BCUT2D eigenvalue weighted by Gasteiger charge is -2.17. The van der Waals surface area contributed by atoms with Gasteiger partial charge in [0.2, 0.25) is 5.91 Å². The fourth-order valence-corrected chi connectivity index (χ4v) is 0.877. The lowest BCUT2D eigenvalue weighted by molar-refractivity contribution is -0.124. The second-order valence-corrected chi connectivity index (χ2v) is 3.39. The first-order chi connectivity index (χ1) is 4.95. The summed E-state index contributed by atoms with van der Waals surface area (Å²) >= 11 is 0. The van der Waals surface area contributed by atoms with E-state index in [2.05, 4.69) is 0 Å².